The number of hydrogen-bond donors (Lipinski definition) is 1. The Morgan fingerprint density at radius 2 is 1.94 bits per heavy atom. The molecule has 1 aliphatic heterocycles. The first-order valence-corrected chi connectivity index (χ1v) is 12.7. The van der Waals surface area contributed by atoms with Gasteiger partial charge in [-0.15, -0.1) is 0 Å². The summed E-state index contributed by atoms with van der Waals surface area (Å²) in [4.78, 5) is 17.9. The predicted molar refractivity (Wildman–Crippen MR) is 141 cm³/mol. The van der Waals surface area contributed by atoms with Gasteiger partial charge < -0.3 is 4.98 Å². The van der Waals surface area contributed by atoms with Crippen molar-refractivity contribution in [2.45, 2.75) is 58.8 Å². The number of hydrogen-bond acceptors (Lipinski definition) is 3. The molecular weight excluding hydrogens is 420 g/mol. The van der Waals surface area contributed by atoms with Crippen LogP contribution in [0.2, 0.25) is 0 Å². The van der Waals surface area contributed by atoms with Crippen LogP contribution < -0.4 is 0 Å². The number of H-pyrrole nitrogens is 1. The number of likely N-dealkylation sites (tertiary alicyclic amines) is 1. The Labute approximate surface area is 202 Å². The van der Waals surface area contributed by atoms with Crippen LogP contribution in [0.25, 0.3) is 33.1 Å². The minimum Gasteiger partial charge on any atom is -0.354 e. The number of aryl methyl sites for hydroxylation is 2. The monoisotopic (exact) mass is 456 g/mol. The molecule has 5 heteroatoms. The number of rotatable bonds is 6. The molecule has 5 rings (SSSR count). The molecule has 1 fully saturated rings. The lowest BCUT2D eigenvalue weighted by atomic mass is 9.87. The molecule has 34 heavy (non-hydrogen) atoms. The Morgan fingerprint density at radius 3 is 2.65 bits per heavy atom. The van der Waals surface area contributed by atoms with Gasteiger partial charge in [0.25, 0.3) is 0 Å². The van der Waals surface area contributed by atoms with Crippen LogP contribution in [0.3, 0.4) is 0 Å². The molecule has 1 N–H and O–H groups in total. The quantitative estimate of drug-likeness (QED) is 0.370. The second-order valence-corrected chi connectivity index (χ2v) is 10.3. The van der Waals surface area contributed by atoms with Crippen molar-refractivity contribution in [1.29, 1.82) is 0 Å². The van der Waals surface area contributed by atoms with Crippen molar-refractivity contribution >= 4 is 27.6 Å². The van der Waals surface area contributed by atoms with Gasteiger partial charge in [-0.3, -0.25) is 14.4 Å². The van der Waals surface area contributed by atoms with Crippen molar-refractivity contribution in [2.75, 3.05) is 19.6 Å². The van der Waals surface area contributed by atoms with E-state index >= 15 is 0 Å². The summed E-state index contributed by atoms with van der Waals surface area (Å²) >= 11 is 0. The van der Waals surface area contributed by atoms with Gasteiger partial charge in [0, 0.05) is 35.5 Å². The SMILES string of the molecule is CCC(=O)CN1CCC(c2ccc3[nH]c(-c4cc(C)c5c(cnn5C)c4)c(C(C)C)c3c2)CC1. The number of nitrogens with zero attached hydrogens (tertiary/aromatic N) is 3. The highest BCUT2D eigenvalue weighted by Crippen LogP contribution is 2.39. The number of nitrogens with one attached hydrogen (secondary N) is 1. The van der Waals surface area contributed by atoms with Crippen molar-refractivity contribution in [3.8, 4) is 11.3 Å². The number of aromatic amines is 1. The average molecular weight is 457 g/mol. The maximum absolute atomic E-state index is 11.8. The van der Waals surface area contributed by atoms with Crippen LogP contribution in [0.4, 0.5) is 0 Å². The summed E-state index contributed by atoms with van der Waals surface area (Å²) in [5.41, 5.74) is 8.93. The van der Waals surface area contributed by atoms with Gasteiger partial charge in [-0.1, -0.05) is 26.8 Å². The van der Waals surface area contributed by atoms with E-state index in [2.05, 4.69) is 66.1 Å². The lowest BCUT2D eigenvalue weighted by molar-refractivity contribution is -0.120. The van der Waals surface area contributed by atoms with E-state index in [1.165, 1.54) is 49.8 Å². The molecule has 178 valence electrons. The Hall–Kier alpha value is -2.92. The minimum absolute atomic E-state index is 0.348. The molecule has 0 unspecified atom stereocenters. The first-order chi connectivity index (χ1) is 16.4. The second-order valence-electron chi connectivity index (χ2n) is 10.3. The van der Waals surface area contributed by atoms with Crippen LogP contribution in [0.5, 0.6) is 0 Å². The molecule has 0 radical (unpaired) electrons. The van der Waals surface area contributed by atoms with Gasteiger partial charge in [-0.25, -0.2) is 0 Å². The van der Waals surface area contributed by atoms with Gasteiger partial charge in [0.2, 0.25) is 0 Å². The van der Waals surface area contributed by atoms with Crippen LogP contribution in [0.1, 0.15) is 68.6 Å². The van der Waals surface area contributed by atoms with Gasteiger partial charge >= 0.3 is 0 Å². The van der Waals surface area contributed by atoms with E-state index in [4.69, 9.17) is 0 Å². The van der Waals surface area contributed by atoms with Crippen molar-refractivity contribution in [3.63, 3.8) is 0 Å². The topological polar surface area (TPSA) is 53.9 Å². The highest BCUT2D eigenvalue weighted by Gasteiger charge is 2.24. The third kappa shape index (κ3) is 4.07. The smallest absolute Gasteiger partial charge is 0.146 e. The normalized spacial score (nSPS) is 15.7. The van der Waals surface area contributed by atoms with Crippen LogP contribution in [0, 0.1) is 6.92 Å². The molecule has 2 aromatic heterocycles. The van der Waals surface area contributed by atoms with Gasteiger partial charge in [0.05, 0.1) is 18.3 Å². The first kappa shape index (κ1) is 22.9. The number of ketones is 1. The highest BCUT2D eigenvalue weighted by molar-refractivity contribution is 5.94. The summed E-state index contributed by atoms with van der Waals surface area (Å²) in [7, 11) is 2.01. The van der Waals surface area contributed by atoms with Crippen molar-refractivity contribution in [2.24, 2.45) is 7.05 Å². The molecule has 4 aromatic rings. The van der Waals surface area contributed by atoms with Gasteiger partial charge in [-0.2, -0.15) is 5.10 Å². The van der Waals surface area contributed by atoms with E-state index < -0.39 is 0 Å². The number of benzene rings is 2. The van der Waals surface area contributed by atoms with E-state index in [9.17, 15) is 4.79 Å². The number of carbonyl (C=O) groups excluding carboxylic acids is 1. The molecule has 0 bridgehead atoms. The average Bonchev–Trinajstić information content (AvgIpc) is 3.40. The molecule has 1 saturated heterocycles. The van der Waals surface area contributed by atoms with E-state index in [1.807, 2.05) is 24.9 Å². The second kappa shape index (κ2) is 9.03. The van der Waals surface area contributed by atoms with Crippen LogP contribution in [0.15, 0.2) is 36.5 Å². The lowest BCUT2D eigenvalue weighted by Gasteiger charge is -2.31. The molecular formula is C29H36N4O. The third-order valence-corrected chi connectivity index (χ3v) is 7.61. The fourth-order valence-corrected chi connectivity index (χ4v) is 5.80. The summed E-state index contributed by atoms with van der Waals surface area (Å²) in [6.07, 6.45) is 4.83. The largest absolute Gasteiger partial charge is 0.354 e. The Kier molecular flexibility index (Phi) is 6.07. The van der Waals surface area contributed by atoms with Crippen LogP contribution in [-0.4, -0.2) is 45.1 Å². The molecule has 0 amide bonds. The number of piperidine rings is 1. The molecule has 0 saturated carbocycles. The molecule has 0 spiro atoms. The summed E-state index contributed by atoms with van der Waals surface area (Å²) in [5, 5.41) is 6.99. The molecule has 2 aromatic carbocycles. The zero-order valence-corrected chi connectivity index (χ0v) is 21.1. The van der Waals surface area contributed by atoms with Gasteiger partial charge in [0.1, 0.15) is 5.78 Å². The third-order valence-electron chi connectivity index (χ3n) is 7.61. The summed E-state index contributed by atoms with van der Waals surface area (Å²) in [6, 6.07) is 11.6. The maximum Gasteiger partial charge on any atom is 0.146 e. The van der Waals surface area contributed by atoms with E-state index in [-0.39, 0.29) is 0 Å². The molecule has 5 nitrogen and oxygen atoms in total. The van der Waals surface area contributed by atoms with Gasteiger partial charge in [0.15, 0.2) is 0 Å². The number of fused-ring (bicyclic) bond motifs is 2. The number of carbonyl (C=O) groups is 1. The van der Waals surface area contributed by atoms with Crippen molar-refractivity contribution < 1.29 is 4.79 Å². The predicted octanol–water partition coefficient (Wildman–Crippen LogP) is 6.31. The molecule has 0 atom stereocenters. The highest BCUT2D eigenvalue weighted by atomic mass is 16.1. The first-order valence-electron chi connectivity index (χ1n) is 12.7. The van der Waals surface area contributed by atoms with E-state index in [0.29, 0.717) is 30.6 Å². The fraction of sp³-hybridized carbons (Fsp3) is 0.448. The van der Waals surface area contributed by atoms with E-state index in [0.717, 1.165) is 25.9 Å². The Morgan fingerprint density at radius 1 is 1.18 bits per heavy atom. The zero-order chi connectivity index (χ0) is 24.0. The summed E-state index contributed by atoms with van der Waals surface area (Å²) in [5.74, 6) is 1.32. The maximum atomic E-state index is 11.8. The minimum atomic E-state index is 0.348. The van der Waals surface area contributed by atoms with Crippen molar-refractivity contribution in [1.82, 2.24) is 19.7 Å². The number of aromatic nitrogens is 3. The summed E-state index contributed by atoms with van der Waals surface area (Å²) in [6.45, 7) is 11.3. The lowest BCUT2D eigenvalue weighted by Crippen LogP contribution is -2.36. The molecule has 0 aliphatic carbocycles. The van der Waals surface area contributed by atoms with Crippen LogP contribution >= 0.6 is 0 Å². The zero-order valence-electron chi connectivity index (χ0n) is 21.1. The molecule has 1 aliphatic rings. The van der Waals surface area contributed by atoms with Crippen molar-refractivity contribution in [3.05, 3.63) is 53.2 Å². The molecule has 3 heterocycles. The van der Waals surface area contributed by atoms with Gasteiger partial charge in [-0.05, 0) is 91.2 Å². The fourth-order valence-electron chi connectivity index (χ4n) is 5.80. The summed E-state index contributed by atoms with van der Waals surface area (Å²) < 4.78 is 1.96. The van der Waals surface area contributed by atoms with E-state index in [1.54, 1.807) is 0 Å². The Balaban J connectivity index is 1.49. The van der Waals surface area contributed by atoms with Crippen LogP contribution in [-0.2, 0) is 11.8 Å². The number of Topliss-reactive ketones (excluding diaryl/α,β-unsaturated/α-hetero) is 1. The standard InChI is InChI=1S/C29H36N4O/c1-6-24(34)17-33-11-9-20(10-12-33)21-7-8-26-25(15-21)27(18(2)3)28(31-26)22-13-19(4)29-23(14-22)16-30-32(29)5/h7-8,13-16,18,20,31H,6,9-12,17H2,1-5H3. The Bertz CT molecular complexity index is 1350.